The molecule has 22 heavy (non-hydrogen) atoms. The third-order valence-electron chi connectivity index (χ3n) is 3.47. The van der Waals surface area contributed by atoms with Crippen LogP contribution in [0, 0.1) is 13.8 Å². The molecule has 0 fully saturated rings. The number of H-pyrrole nitrogens is 1. The lowest BCUT2D eigenvalue weighted by atomic mass is 10.0. The molecule has 0 amide bonds. The summed E-state index contributed by atoms with van der Waals surface area (Å²) in [5.41, 5.74) is 2.42. The lowest BCUT2D eigenvalue weighted by molar-refractivity contribution is 0.416. The third-order valence-corrected chi connectivity index (χ3v) is 5.09. The second-order valence-corrected chi connectivity index (χ2v) is 7.10. The van der Waals surface area contributed by atoms with Gasteiger partial charge in [0.05, 0.1) is 24.2 Å². The van der Waals surface area contributed by atoms with Crippen LogP contribution >= 0.6 is 0 Å². The zero-order chi connectivity index (χ0) is 16.5. The SMILES string of the molecule is COc1cc(C(C)C)ccc1NS(=O)(=O)c1c(C)n[nH]c1C. The number of nitrogens with zero attached hydrogens (tertiary/aromatic N) is 1. The summed E-state index contributed by atoms with van der Waals surface area (Å²) in [6, 6.07) is 5.45. The Morgan fingerprint density at radius 2 is 1.95 bits per heavy atom. The van der Waals surface area contributed by atoms with Crippen molar-refractivity contribution in [2.75, 3.05) is 11.8 Å². The molecule has 0 aliphatic rings. The molecule has 0 saturated heterocycles. The number of ether oxygens (including phenoxy) is 1. The summed E-state index contributed by atoms with van der Waals surface area (Å²) in [6.45, 7) is 7.46. The largest absolute Gasteiger partial charge is 0.495 e. The molecule has 0 atom stereocenters. The number of anilines is 1. The Hall–Kier alpha value is -2.02. The molecule has 0 bridgehead atoms. The highest BCUT2D eigenvalue weighted by Crippen LogP contribution is 2.31. The quantitative estimate of drug-likeness (QED) is 0.886. The van der Waals surface area contributed by atoms with Crippen molar-refractivity contribution in [3.8, 4) is 5.75 Å². The van der Waals surface area contributed by atoms with E-state index in [-0.39, 0.29) is 4.90 Å². The zero-order valence-corrected chi connectivity index (χ0v) is 14.2. The molecule has 7 heteroatoms. The highest BCUT2D eigenvalue weighted by atomic mass is 32.2. The molecule has 0 spiro atoms. The van der Waals surface area contributed by atoms with Crippen LogP contribution in [0.1, 0.15) is 36.7 Å². The van der Waals surface area contributed by atoms with Crippen molar-refractivity contribution < 1.29 is 13.2 Å². The highest BCUT2D eigenvalue weighted by molar-refractivity contribution is 7.92. The van der Waals surface area contributed by atoms with Gasteiger partial charge < -0.3 is 4.74 Å². The third kappa shape index (κ3) is 3.09. The van der Waals surface area contributed by atoms with Crippen LogP contribution in [0.25, 0.3) is 0 Å². The summed E-state index contributed by atoms with van der Waals surface area (Å²) in [6.07, 6.45) is 0. The molecule has 1 aromatic carbocycles. The minimum Gasteiger partial charge on any atom is -0.495 e. The topological polar surface area (TPSA) is 84.1 Å². The molecule has 1 aromatic heterocycles. The van der Waals surface area contributed by atoms with E-state index in [1.807, 2.05) is 12.1 Å². The summed E-state index contributed by atoms with van der Waals surface area (Å²) in [5, 5.41) is 6.61. The normalized spacial score (nSPS) is 11.7. The first-order valence-corrected chi connectivity index (χ1v) is 8.47. The lowest BCUT2D eigenvalue weighted by Gasteiger charge is -2.14. The molecule has 0 aliphatic heterocycles. The van der Waals surface area contributed by atoms with Crippen LogP contribution in [0.3, 0.4) is 0 Å². The van der Waals surface area contributed by atoms with E-state index in [9.17, 15) is 8.42 Å². The number of aryl methyl sites for hydroxylation is 2. The molecule has 2 rings (SSSR count). The van der Waals surface area contributed by atoms with E-state index in [0.717, 1.165) is 5.56 Å². The van der Waals surface area contributed by atoms with Crippen molar-refractivity contribution >= 4 is 15.7 Å². The van der Waals surface area contributed by atoms with E-state index in [4.69, 9.17) is 4.74 Å². The summed E-state index contributed by atoms with van der Waals surface area (Å²) in [4.78, 5) is 0.169. The maximum Gasteiger partial charge on any atom is 0.265 e. The van der Waals surface area contributed by atoms with Gasteiger partial charge in [-0.15, -0.1) is 0 Å². The Bertz CT molecular complexity index is 760. The minimum atomic E-state index is -3.72. The van der Waals surface area contributed by atoms with Crippen molar-refractivity contribution in [1.29, 1.82) is 0 Å². The van der Waals surface area contributed by atoms with E-state index in [1.165, 1.54) is 7.11 Å². The van der Waals surface area contributed by atoms with E-state index in [0.29, 0.717) is 28.7 Å². The van der Waals surface area contributed by atoms with Crippen LogP contribution in [0.4, 0.5) is 5.69 Å². The number of aromatic nitrogens is 2. The Kier molecular flexibility index (Phi) is 4.46. The summed E-state index contributed by atoms with van der Waals surface area (Å²) < 4.78 is 33.0. The molecular formula is C15H21N3O3S. The molecule has 120 valence electrons. The molecule has 0 unspecified atom stereocenters. The van der Waals surface area contributed by atoms with Gasteiger partial charge in [0, 0.05) is 0 Å². The molecule has 0 saturated carbocycles. The molecule has 2 aromatic rings. The summed E-state index contributed by atoms with van der Waals surface area (Å²) in [5.74, 6) is 0.825. The average Bonchev–Trinajstić information content (AvgIpc) is 2.78. The van der Waals surface area contributed by atoms with Crippen LogP contribution in [-0.4, -0.2) is 25.7 Å². The number of benzene rings is 1. The maximum absolute atomic E-state index is 12.6. The lowest BCUT2D eigenvalue weighted by Crippen LogP contribution is -2.15. The summed E-state index contributed by atoms with van der Waals surface area (Å²) in [7, 11) is -2.20. The van der Waals surface area contributed by atoms with Crippen molar-refractivity contribution in [2.45, 2.75) is 38.5 Å². The van der Waals surface area contributed by atoms with Crippen LogP contribution in [0.5, 0.6) is 5.75 Å². The highest BCUT2D eigenvalue weighted by Gasteiger charge is 2.23. The molecule has 6 nitrogen and oxygen atoms in total. The smallest absolute Gasteiger partial charge is 0.265 e. The van der Waals surface area contributed by atoms with Crippen LogP contribution in [0.2, 0.25) is 0 Å². The van der Waals surface area contributed by atoms with Gasteiger partial charge in [0.2, 0.25) is 0 Å². The first-order chi connectivity index (χ1) is 10.3. The molecule has 0 aliphatic carbocycles. The fourth-order valence-corrected chi connectivity index (χ4v) is 3.73. The number of rotatable bonds is 5. The van der Waals surface area contributed by atoms with Crippen molar-refractivity contribution in [3.05, 3.63) is 35.2 Å². The van der Waals surface area contributed by atoms with Gasteiger partial charge in [0.25, 0.3) is 10.0 Å². The van der Waals surface area contributed by atoms with Gasteiger partial charge in [0.15, 0.2) is 0 Å². The Morgan fingerprint density at radius 3 is 2.45 bits per heavy atom. The number of methoxy groups -OCH3 is 1. The number of sulfonamides is 1. The van der Waals surface area contributed by atoms with E-state index >= 15 is 0 Å². The molecule has 0 radical (unpaired) electrons. The van der Waals surface area contributed by atoms with Gasteiger partial charge in [-0.3, -0.25) is 9.82 Å². The second kappa shape index (κ2) is 6.00. The number of hydrogen-bond acceptors (Lipinski definition) is 4. The fraction of sp³-hybridized carbons (Fsp3) is 0.400. The predicted octanol–water partition coefficient (Wildman–Crippen LogP) is 2.96. The fourth-order valence-electron chi connectivity index (χ4n) is 2.28. The van der Waals surface area contributed by atoms with E-state index in [2.05, 4.69) is 28.8 Å². The monoisotopic (exact) mass is 323 g/mol. The molecular weight excluding hydrogens is 302 g/mol. The van der Waals surface area contributed by atoms with Gasteiger partial charge in [0.1, 0.15) is 10.6 Å². The summed E-state index contributed by atoms with van der Waals surface area (Å²) >= 11 is 0. The Morgan fingerprint density at radius 1 is 1.27 bits per heavy atom. The van der Waals surface area contributed by atoms with Gasteiger partial charge >= 0.3 is 0 Å². The van der Waals surface area contributed by atoms with Gasteiger partial charge in [-0.1, -0.05) is 19.9 Å². The Balaban J connectivity index is 2.42. The standard InChI is InChI=1S/C15H21N3O3S/c1-9(2)12-6-7-13(14(8-12)21-5)18-22(19,20)15-10(3)16-17-11(15)4/h6-9,18H,1-5H3,(H,16,17). The Labute approximate surface area is 130 Å². The van der Waals surface area contributed by atoms with Gasteiger partial charge in [-0.2, -0.15) is 5.10 Å². The van der Waals surface area contributed by atoms with Crippen molar-refractivity contribution in [3.63, 3.8) is 0 Å². The average molecular weight is 323 g/mol. The van der Waals surface area contributed by atoms with Crippen LogP contribution < -0.4 is 9.46 Å². The number of hydrogen-bond donors (Lipinski definition) is 2. The van der Waals surface area contributed by atoms with Crippen molar-refractivity contribution in [2.24, 2.45) is 0 Å². The zero-order valence-electron chi connectivity index (χ0n) is 13.4. The van der Waals surface area contributed by atoms with Gasteiger partial charge in [-0.05, 0) is 37.5 Å². The van der Waals surface area contributed by atoms with Crippen molar-refractivity contribution in [1.82, 2.24) is 10.2 Å². The van der Waals surface area contributed by atoms with Crippen LogP contribution in [0.15, 0.2) is 23.1 Å². The minimum absolute atomic E-state index is 0.169. The van der Waals surface area contributed by atoms with Crippen LogP contribution in [-0.2, 0) is 10.0 Å². The predicted molar refractivity (Wildman–Crippen MR) is 86.0 cm³/mol. The second-order valence-electron chi connectivity index (χ2n) is 5.48. The first-order valence-electron chi connectivity index (χ1n) is 6.98. The maximum atomic E-state index is 12.6. The molecule has 2 N–H and O–H groups in total. The number of nitrogens with one attached hydrogen (secondary N) is 2. The van der Waals surface area contributed by atoms with E-state index < -0.39 is 10.0 Å². The molecule has 1 heterocycles. The van der Waals surface area contributed by atoms with Gasteiger partial charge in [-0.25, -0.2) is 8.42 Å². The number of aromatic amines is 1. The van der Waals surface area contributed by atoms with E-state index in [1.54, 1.807) is 19.9 Å². The first kappa shape index (κ1) is 16.4.